The molecule has 0 aromatic carbocycles. The van der Waals surface area contributed by atoms with E-state index in [1.807, 2.05) is 0 Å². The van der Waals surface area contributed by atoms with Crippen molar-refractivity contribution in [1.82, 2.24) is 9.80 Å². The van der Waals surface area contributed by atoms with Gasteiger partial charge in [-0.2, -0.15) is 0 Å². The van der Waals surface area contributed by atoms with Gasteiger partial charge in [0.05, 0.1) is 0 Å². The molecule has 0 aromatic rings. The SMILES string of the molecule is C[C@@H]1C[C@H](CN2CCCCC2)[C@@H]2CCCCN2C1. The van der Waals surface area contributed by atoms with Gasteiger partial charge in [-0.05, 0) is 63.6 Å². The van der Waals surface area contributed by atoms with Crippen LogP contribution in [0.2, 0.25) is 0 Å². The lowest BCUT2D eigenvalue weighted by atomic mass is 9.79. The Kier molecular flexibility index (Phi) is 4.25. The molecule has 3 saturated heterocycles. The molecule has 0 spiro atoms. The maximum atomic E-state index is 2.83. The largest absolute Gasteiger partial charge is 0.303 e. The molecule has 3 atom stereocenters. The third-order valence-electron chi connectivity index (χ3n) is 5.40. The van der Waals surface area contributed by atoms with Gasteiger partial charge in [-0.1, -0.05) is 19.8 Å². The molecule has 0 N–H and O–H groups in total. The highest BCUT2D eigenvalue weighted by molar-refractivity contribution is 4.91. The van der Waals surface area contributed by atoms with Gasteiger partial charge in [-0.15, -0.1) is 0 Å². The van der Waals surface area contributed by atoms with Crippen molar-refractivity contribution >= 4 is 0 Å². The fourth-order valence-electron chi connectivity index (χ4n) is 4.60. The summed E-state index contributed by atoms with van der Waals surface area (Å²) in [5, 5.41) is 0. The second kappa shape index (κ2) is 5.92. The lowest BCUT2D eigenvalue weighted by Crippen LogP contribution is -2.53. The molecule has 3 aliphatic rings. The zero-order chi connectivity index (χ0) is 12.4. The molecule has 0 radical (unpaired) electrons. The molecule has 0 amide bonds. The van der Waals surface area contributed by atoms with E-state index >= 15 is 0 Å². The van der Waals surface area contributed by atoms with Crippen LogP contribution in [-0.2, 0) is 0 Å². The minimum Gasteiger partial charge on any atom is -0.303 e. The van der Waals surface area contributed by atoms with E-state index in [9.17, 15) is 0 Å². The topological polar surface area (TPSA) is 6.48 Å². The fourth-order valence-corrected chi connectivity index (χ4v) is 4.60. The number of likely N-dealkylation sites (tertiary alicyclic amines) is 1. The molecular formula is C16H30N2. The Labute approximate surface area is 113 Å². The summed E-state index contributed by atoms with van der Waals surface area (Å²) in [6.07, 6.45) is 10.2. The summed E-state index contributed by atoms with van der Waals surface area (Å²) in [7, 11) is 0. The van der Waals surface area contributed by atoms with E-state index in [0.29, 0.717) is 0 Å². The van der Waals surface area contributed by atoms with E-state index in [1.54, 1.807) is 0 Å². The third kappa shape index (κ3) is 2.91. The molecule has 2 nitrogen and oxygen atoms in total. The van der Waals surface area contributed by atoms with E-state index in [0.717, 1.165) is 17.9 Å². The minimum absolute atomic E-state index is 0.925. The first kappa shape index (κ1) is 12.9. The van der Waals surface area contributed by atoms with Crippen LogP contribution in [0.5, 0.6) is 0 Å². The summed E-state index contributed by atoms with van der Waals surface area (Å²) in [6.45, 7) is 9.36. The van der Waals surface area contributed by atoms with Crippen molar-refractivity contribution in [2.75, 3.05) is 32.7 Å². The van der Waals surface area contributed by atoms with Gasteiger partial charge in [0, 0.05) is 19.1 Å². The lowest BCUT2D eigenvalue weighted by Gasteiger charge is -2.48. The fraction of sp³-hybridized carbons (Fsp3) is 1.00. The van der Waals surface area contributed by atoms with E-state index < -0.39 is 0 Å². The number of fused-ring (bicyclic) bond motifs is 1. The molecule has 3 heterocycles. The first-order valence-corrected chi connectivity index (χ1v) is 8.29. The maximum absolute atomic E-state index is 2.83. The summed E-state index contributed by atoms with van der Waals surface area (Å²) in [4.78, 5) is 5.59. The Hall–Kier alpha value is -0.0800. The monoisotopic (exact) mass is 250 g/mol. The van der Waals surface area contributed by atoms with Crippen LogP contribution in [0.1, 0.15) is 51.9 Å². The molecule has 3 aliphatic heterocycles. The predicted octanol–water partition coefficient (Wildman–Crippen LogP) is 2.98. The Bertz CT molecular complexity index is 260. The molecule has 0 saturated carbocycles. The summed E-state index contributed by atoms with van der Waals surface area (Å²) in [6, 6.07) is 0.928. The van der Waals surface area contributed by atoms with Crippen molar-refractivity contribution in [1.29, 1.82) is 0 Å². The Morgan fingerprint density at radius 1 is 0.944 bits per heavy atom. The first-order chi connectivity index (χ1) is 8.83. The average molecular weight is 250 g/mol. The maximum Gasteiger partial charge on any atom is 0.0136 e. The zero-order valence-electron chi connectivity index (χ0n) is 12.1. The molecule has 0 bridgehead atoms. The highest BCUT2D eigenvalue weighted by atomic mass is 15.2. The van der Waals surface area contributed by atoms with Gasteiger partial charge in [0.2, 0.25) is 0 Å². The van der Waals surface area contributed by atoms with Crippen molar-refractivity contribution in [2.45, 2.75) is 57.9 Å². The van der Waals surface area contributed by atoms with Gasteiger partial charge in [-0.3, -0.25) is 4.90 Å². The standard InChI is InChI=1S/C16H30N2/c1-14-11-15(13-17-8-4-2-5-9-17)16-7-3-6-10-18(16)12-14/h14-16H,2-13H2,1H3/t14-,15-,16+/m1/s1. The van der Waals surface area contributed by atoms with Crippen LogP contribution < -0.4 is 0 Å². The van der Waals surface area contributed by atoms with Gasteiger partial charge >= 0.3 is 0 Å². The van der Waals surface area contributed by atoms with Crippen molar-refractivity contribution in [3.05, 3.63) is 0 Å². The van der Waals surface area contributed by atoms with Gasteiger partial charge in [-0.25, -0.2) is 0 Å². The van der Waals surface area contributed by atoms with Crippen molar-refractivity contribution in [2.24, 2.45) is 11.8 Å². The number of rotatable bonds is 2. The van der Waals surface area contributed by atoms with E-state index in [1.165, 1.54) is 77.7 Å². The van der Waals surface area contributed by atoms with E-state index in [2.05, 4.69) is 16.7 Å². The van der Waals surface area contributed by atoms with Crippen molar-refractivity contribution in [3.63, 3.8) is 0 Å². The van der Waals surface area contributed by atoms with Crippen LogP contribution in [0.25, 0.3) is 0 Å². The van der Waals surface area contributed by atoms with Crippen LogP contribution in [0, 0.1) is 11.8 Å². The summed E-state index contributed by atoms with van der Waals surface area (Å²) >= 11 is 0. The average Bonchev–Trinajstić information content (AvgIpc) is 2.40. The number of nitrogens with zero attached hydrogens (tertiary/aromatic N) is 2. The summed E-state index contributed by atoms with van der Waals surface area (Å²) in [5.74, 6) is 1.89. The normalized spacial score (nSPS) is 39.5. The number of hydrogen-bond acceptors (Lipinski definition) is 2. The lowest BCUT2D eigenvalue weighted by molar-refractivity contribution is 0.0140. The molecule has 104 valence electrons. The minimum atomic E-state index is 0.925. The van der Waals surface area contributed by atoms with Crippen molar-refractivity contribution < 1.29 is 0 Å². The van der Waals surface area contributed by atoms with Crippen LogP contribution in [-0.4, -0.2) is 48.6 Å². The second-order valence-electron chi connectivity index (χ2n) is 7.02. The van der Waals surface area contributed by atoms with E-state index in [-0.39, 0.29) is 0 Å². The predicted molar refractivity (Wildman–Crippen MR) is 76.8 cm³/mol. The van der Waals surface area contributed by atoms with E-state index in [4.69, 9.17) is 0 Å². The summed E-state index contributed by atoms with van der Waals surface area (Å²) in [5.41, 5.74) is 0. The van der Waals surface area contributed by atoms with Crippen molar-refractivity contribution in [3.8, 4) is 0 Å². The highest BCUT2D eigenvalue weighted by Gasteiger charge is 2.36. The smallest absolute Gasteiger partial charge is 0.0136 e. The molecule has 18 heavy (non-hydrogen) atoms. The third-order valence-corrected chi connectivity index (χ3v) is 5.40. The molecule has 0 aromatic heterocycles. The molecule has 0 aliphatic carbocycles. The van der Waals surface area contributed by atoms with Gasteiger partial charge in [0.15, 0.2) is 0 Å². The quantitative estimate of drug-likeness (QED) is 0.743. The number of piperidine rings is 3. The van der Waals surface area contributed by atoms with Crippen LogP contribution in [0.3, 0.4) is 0 Å². The van der Waals surface area contributed by atoms with Gasteiger partial charge < -0.3 is 4.90 Å². The van der Waals surface area contributed by atoms with Gasteiger partial charge in [0.25, 0.3) is 0 Å². The molecule has 0 unspecified atom stereocenters. The van der Waals surface area contributed by atoms with Crippen LogP contribution in [0.15, 0.2) is 0 Å². The molecular weight excluding hydrogens is 220 g/mol. The Morgan fingerprint density at radius 2 is 1.72 bits per heavy atom. The Balaban J connectivity index is 1.60. The summed E-state index contributed by atoms with van der Waals surface area (Å²) < 4.78 is 0. The number of hydrogen-bond donors (Lipinski definition) is 0. The first-order valence-electron chi connectivity index (χ1n) is 8.29. The second-order valence-corrected chi connectivity index (χ2v) is 7.02. The van der Waals surface area contributed by atoms with Gasteiger partial charge in [0.1, 0.15) is 0 Å². The molecule has 2 heteroatoms. The Morgan fingerprint density at radius 3 is 2.56 bits per heavy atom. The highest BCUT2D eigenvalue weighted by Crippen LogP contribution is 2.34. The van der Waals surface area contributed by atoms with Crippen LogP contribution in [0.4, 0.5) is 0 Å². The van der Waals surface area contributed by atoms with Crippen LogP contribution >= 0.6 is 0 Å². The zero-order valence-corrected chi connectivity index (χ0v) is 12.1. The molecule has 3 rings (SSSR count). The molecule has 3 fully saturated rings.